The Labute approximate surface area is 220 Å². The average Bonchev–Trinajstić information content (AvgIpc) is 2.86. The molecule has 1 aromatic rings. The van der Waals surface area contributed by atoms with E-state index in [1.165, 1.54) is 4.90 Å². The summed E-state index contributed by atoms with van der Waals surface area (Å²) in [5.74, 6) is -6.32. The summed E-state index contributed by atoms with van der Waals surface area (Å²) in [5, 5.41) is 18.6. The largest absolute Gasteiger partial charge is 0.374 e. The highest BCUT2D eigenvalue weighted by Gasteiger charge is 2.60. The Kier molecular flexibility index (Phi) is 7.93. The molecular weight excluding hydrogens is 504 g/mol. The summed E-state index contributed by atoms with van der Waals surface area (Å²) in [6.07, 6.45) is 1.42. The van der Waals surface area contributed by atoms with Crippen molar-refractivity contribution >= 4 is 35.0 Å². The molecule has 1 aliphatic carbocycles. The lowest BCUT2D eigenvalue weighted by molar-refractivity contribution is -0.194. The van der Waals surface area contributed by atoms with Crippen LogP contribution in [-0.2, 0) is 14.4 Å². The Morgan fingerprint density at radius 1 is 1.32 bits per heavy atom. The number of rotatable bonds is 7. The topological polar surface area (TPSA) is 114 Å². The molecule has 11 heteroatoms. The molecule has 200 valence electrons. The molecule has 3 saturated heterocycles. The van der Waals surface area contributed by atoms with Crippen LogP contribution in [0.5, 0.6) is 0 Å². The van der Waals surface area contributed by atoms with E-state index in [1.54, 1.807) is 32.0 Å². The second-order valence-corrected chi connectivity index (χ2v) is 10.7. The Morgan fingerprint density at radius 2 is 2.08 bits per heavy atom. The van der Waals surface area contributed by atoms with Crippen LogP contribution in [0.25, 0.3) is 0 Å². The van der Waals surface area contributed by atoms with Gasteiger partial charge in [-0.25, -0.2) is 8.78 Å². The number of alkyl halides is 2. The van der Waals surface area contributed by atoms with Gasteiger partial charge in [0.25, 0.3) is 5.92 Å². The number of piperidine rings is 3. The van der Waals surface area contributed by atoms with Crippen LogP contribution in [0, 0.1) is 30.1 Å². The van der Waals surface area contributed by atoms with Crippen molar-refractivity contribution < 1.29 is 23.2 Å². The van der Waals surface area contributed by atoms with Crippen LogP contribution in [-0.4, -0.2) is 59.3 Å². The van der Waals surface area contributed by atoms with Gasteiger partial charge in [-0.15, -0.1) is 0 Å². The van der Waals surface area contributed by atoms with Gasteiger partial charge in [-0.2, -0.15) is 5.26 Å². The number of halogens is 3. The van der Waals surface area contributed by atoms with Gasteiger partial charge in [-0.1, -0.05) is 17.7 Å². The second kappa shape index (κ2) is 10.8. The van der Waals surface area contributed by atoms with Crippen molar-refractivity contribution in [1.82, 2.24) is 15.5 Å². The van der Waals surface area contributed by atoms with Crippen LogP contribution in [0.1, 0.15) is 51.0 Å². The van der Waals surface area contributed by atoms with E-state index in [-0.39, 0.29) is 18.7 Å². The fourth-order valence-electron chi connectivity index (χ4n) is 5.85. The molecule has 3 aliphatic heterocycles. The monoisotopic (exact) mass is 535 g/mol. The van der Waals surface area contributed by atoms with E-state index in [2.05, 4.69) is 16.0 Å². The van der Waals surface area contributed by atoms with Gasteiger partial charge in [0.15, 0.2) is 0 Å². The van der Waals surface area contributed by atoms with E-state index in [0.29, 0.717) is 30.1 Å². The number of amides is 3. The first-order valence-corrected chi connectivity index (χ1v) is 13.1. The summed E-state index contributed by atoms with van der Waals surface area (Å²) in [5.41, 5.74) is 1.38. The minimum Gasteiger partial charge on any atom is -0.374 e. The van der Waals surface area contributed by atoms with Gasteiger partial charge < -0.3 is 20.9 Å². The molecule has 0 spiro atoms. The van der Waals surface area contributed by atoms with Gasteiger partial charge in [0.2, 0.25) is 17.7 Å². The van der Waals surface area contributed by atoms with Crippen LogP contribution < -0.4 is 16.0 Å². The summed E-state index contributed by atoms with van der Waals surface area (Å²) in [7, 11) is 0. The van der Waals surface area contributed by atoms with Crippen molar-refractivity contribution in [1.29, 1.82) is 5.26 Å². The first-order valence-electron chi connectivity index (χ1n) is 12.7. The summed E-state index contributed by atoms with van der Waals surface area (Å²) >= 11 is 6.19. The van der Waals surface area contributed by atoms with Gasteiger partial charge >= 0.3 is 0 Å². The molecule has 4 fully saturated rings. The SMILES string of the molecule is Cc1c(Cl)cccc1N[C@H](C)C(=O)N1[C@H]2CC[C@@H]([C@H]1C(=O)N[C@@H](C#N)C[C@@H]1CCCNC1=O)C(F)(F)C2. The number of nitrogens with one attached hydrogen (secondary N) is 3. The van der Waals surface area contributed by atoms with Crippen molar-refractivity contribution in [3.8, 4) is 6.07 Å². The van der Waals surface area contributed by atoms with Crippen LogP contribution in [0.4, 0.5) is 14.5 Å². The molecule has 4 aliphatic rings. The highest BCUT2D eigenvalue weighted by atomic mass is 35.5. The smallest absolute Gasteiger partial charge is 0.255 e. The summed E-state index contributed by atoms with van der Waals surface area (Å²) < 4.78 is 29.9. The normalized spacial score (nSPS) is 28.0. The number of nitriles is 1. The summed E-state index contributed by atoms with van der Waals surface area (Å²) in [4.78, 5) is 40.5. The molecule has 0 unspecified atom stereocenters. The van der Waals surface area contributed by atoms with Gasteiger partial charge in [-0.3, -0.25) is 14.4 Å². The Balaban J connectivity index is 1.54. The molecule has 3 heterocycles. The van der Waals surface area contributed by atoms with Crippen LogP contribution in [0.15, 0.2) is 18.2 Å². The van der Waals surface area contributed by atoms with Crippen LogP contribution >= 0.6 is 11.6 Å². The fraction of sp³-hybridized carbons (Fsp3) is 0.615. The minimum absolute atomic E-state index is 0.0885. The van der Waals surface area contributed by atoms with Crippen LogP contribution in [0.2, 0.25) is 5.02 Å². The number of hydrogen-bond donors (Lipinski definition) is 3. The maximum atomic E-state index is 15.0. The third-order valence-electron chi connectivity index (χ3n) is 7.86. The quantitative estimate of drug-likeness (QED) is 0.495. The molecule has 1 saturated carbocycles. The molecule has 8 nitrogen and oxygen atoms in total. The number of benzene rings is 1. The number of anilines is 1. The van der Waals surface area contributed by atoms with Crippen molar-refractivity contribution in [2.75, 3.05) is 11.9 Å². The number of carbonyl (C=O) groups is 3. The molecule has 0 radical (unpaired) electrons. The molecular formula is C26H32ClF2N5O3. The van der Waals surface area contributed by atoms with Crippen molar-refractivity contribution in [2.24, 2.45) is 11.8 Å². The van der Waals surface area contributed by atoms with Gasteiger partial charge in [-0.05, 0) is 63.6 Å². The van der Waals surface area contributed by atoms with Gasteiger partial charge in [0.1, 0.15) is 18.1 Å². The summed E-state index contributed by atoms with van der Waals surface area (Å²) in [6.45, 7) is 3.99. The Bertz CT molecular complexity index is 1110. The Hall–Kier alpha value is -2.93. The van der Waals surface area contributed by atoms with Crippen molar-refractivity contribution in [3.63, 3.8) is 0 Å². The highest BCUT2D eigenvalue weighted by Crippen LogP contribution is 2.49. The first kappa shape index (κ1) is 27.1. The third kappa shape index (κ3) is 5.52. The van der Waals surface area contributed by atoms with Gasteiger partial charge in [0, 0.05) is 35.6 Å². The predicted octanol–water partition coefficient (Wildman–Crippen LogP) is 3.39. The van der Waals surface area contributed by atoms with E-state index >= 15 is 0 Å². The number of fused-ring (bicyclic) bond motifs is 3. The maximum absolute atomic E-state index is 15.0. The second-order valence-electron chi connectivity index (χ2n) is 10.3. The van der Waals surface area contributed by atoms with E-state index in [0.717, 1.165) is 12.0 Å². The predicted molar refractivity (Wildman–Crippen MR) is 134 cm³/mol. The van der Waals surface area contributed by atoms with Crippen molar-refractivity contribution in [2.45, 2.75) is 82.5 Å². The lowest BCUT2D eigenvalue weighted by atomic mass is 9.71. The number of nitrogens with zero attached hydrogens (tertiary/aromatic N) is 2. The molecule has 37 heavy (non-hydrogen) atoms. The first-order chi connectivity index (χ1) is 17.5. The lowest BCUT2D eigenvalue weighted by Gasteiger charge is -2.54. The zero-order chi connectivity index (χ0) is 26.9. The van der Waals surface area contributed by atoms with E-state index in [1.807, 2.05) is 6.07 Å². The maximum Gasteiger partial charge on any atom is 0.255 e. The third-order valence-corrected chi connectivity index (χ3v) is 8.27. The Morgan fingerprint density at radius 3 is 2.76 bits per heavy atom. The molecule has 3 N–H and O–H groups in total. The molecule has 2 bridgehead atoms. The highest BCUT2D eigenvalue weighted by molar-refractivity contribution is 6.31. The van der Waals surface area contributed by atoms with Crippen LogP contribution in [0.3, 0.4) is 0 Å². The van der Waals surface area contributed by atoms with E-state index in [9.17, 15) is 28.4 Å². The summed E-state index contributed by atoms with van der Waals surface area (Å²) in [6, 6.07) is 3.18. The molecule has 5 rings (SSSR count). The number of carbonyl (C=O) groups excluding carboxylic acids is 3. The average molecular weight is 536 g/mol. The van der Waals surface area contributed by atoms with E-state index < -0.39 is 60.2 Å². The lowest BCUT2D eigenvalue weighted by Crippen LogP contribution is -2.70. The molecule has 1 aromatic carbocycles. The standard InChI is InChI=1S/C26H32ClF2N5O3/c1-14-20(27)6-3-7-21(14)32-15(2)25(37)34-18-8-9-19(26(28,29)12-18)22(34)24(36)33-17(13-30)11-16-5-4-10-31-23(16)35/h3,6-7,15-19,22,32H,4-5,8-12H2,1-2H3,(H,31,35)(H,33,36)/t15-,16+,17-,18+,19+,22+/m1/s1. The van der Waals surface area contributed by atoms with Gasteiger partial charge in [0.05, 0.1) is 12.0 Å². The van der Waals surface area contributed by atoms with Crippen molar-refractivity contribution in [3.05, 3.63) is 28.8 Å². The minimum atomic E-state index is -3.10. The zero-order valence-electron chi connectivity index (χ0n) is 20.9. The molecule has 3 amide bonds. The number of hydrogen-bond acceptors (Lipinski definition) is 5. The molecule has 0 aromatic heterocycles. The molecule has 6 atom stereocenters. The zero-order valence-corrected chi connectivity index (χ0v) is 21.7. The van der Waals surface area contributed by atoms with E-state index in [4.69, 9.17) is 11.6 Å². The fourth-order valence-corrected chi connectivity index (χ4v) is 6.03.